The van der Waals surface area contributed by atoms with Gasteiger partial charge in [0.15, 0.2) is 0 Å². The lowest BCUT2D eigenvalue weighted by molar-refractivity contribution is -1.07. The zero-order valence-electron chi connectivity index (χ0n) is 13.3. The van der Waals surface area contributed by atoms with Crippen LogP contribution in [0.15, 0.2) is 0 Å². The van der Waals surface area contributed by atoms with Gasteiger partial charge in [-0.05, 0) is 25.7 Å². The van der Waals surface area contributed by atoms with Gasteiger partial charge in [0, 0.05) is 0 Å². The molecule has 0 aliphatic carbocycles. The highest BCUT2D eigenvalue weighted by Crippen LogP contribution is 2.11. The first-order chi connectivity index (χ1) is 7.83. The van der Waals surface area contributed by atoms with Gasteiger partial charge in [-0.15, -0.1) is 0 Å². The smallest absolute Gasteiger partial charge is 0.206 e. The molecular weight excluding hydrogens is 208 g/mol. The SMILES string of the molecule is CCCCC[N+](C)(C)C[N+](C)(C)CCCCC. The van der Waals surface area contributed by atoms with Crippen molar-refractivity contribution in [2.45, 2.75) is 52.4 Å². The molecule has 0 aromatic heterocycles. The van der Waals surface area contributed by atoms with Gasteiger partial charge in [0.1, 0.15) is 0 Å². The largest absolute Gasteiger partial charge is 0.282 e. The molecule has 0 N–H and O–H groups in total. The molecule has 0 aromatic rings. The van der Waals surface area contributed by atoms with Crippen molar-refractivity contribution in [2.75, 3.05) is 47.9 Å². The Bertz CT molecular complexity index is 165. The van der Waals surface area contributed by atoms with E-state index in [9.17, 15) is 0 Å². The lowest BCUT2D eigenvalue weighted by atomic mass is 10.2. The van der Waals surface area contributed by atoms with Gasteiger partial charge in [-0.1, -0.05) is 26.7 Å². The molecule has 0 heterocycles. The average Bonchev–Trinajstić information content (AvgIpc) is 2.16. The maximum atomic E-state index is 2.38. The van der Waals surface area contributed by atoms with Crippen LogP contribution in [0.3, 0.4) is 0 Å². The topological polar surface area (TPSA) is 0 Å². The summed E-state index contributed by atoms with van der Waals surface area (Å²) in [4.78, 5) is 0. The number of hydrogen-bond donors (Lipinski definition) is 0. The molecule has 0 bridgehead atoms. The molecule has 2 nitrogen and oxygen atoms in total. The normalized spacial score (nSPS) is 13.1. The summed E-state index contributed by atoms with van der Waals surface area (Å²) in [6.45, 7) is 8.47. The third-order valence-electron chi connectivity index (χ3n) is 3.50. The fourth-order valence-corrected chi connectivity index (χ4v) is 2.76. The highest BCUT2D eigenvalue weighted by atomic mass is 15.5. The van der Waals surface area contributed by atoms with E-state index in [1.54, 1.807) is 0 Å². The third kappa shape index (κ3) is 9.61. The summed E-state index contributed by atoms with van der Waals surface area (Å²) in [5.41, 5.74) is 0. The van der Waals surface area contributed by atoms with Crippen LogP contribution in [-0.2, 0) is 0 Å². The van der Waals surface area contributed by atoms with Crippen molar-refractivity contribution in [3.8, 4) is 0 Å². The molecule has 0 spiro atoms. The number of nitrogens with zero attached hydrogens (tertiary/aromatic N) is 2. The minimum atomic E-state index is 1.17. The van der Waals surface area contributed by atoms with E-state index in [4.69, 9.17) is 0 Å². The van der Waals surface area contributed by atoms with Crippen molar-refractivity contribution >= 4 is 0 Å². The van der Waals surface area contributed by atoms with Crippen molar-refractivity contribution < 1.29 is 8.97 Å². The van der Waals surface area contributed by atoms with Gasteiger partial charge in [0.05, 0.1) is 41.3 Å². The molecule has 104 valence electrons. The van der Waals surface area contributed by atoms with E-state index in [0.29, 0.717) is 0 Å². The van der Waals surface area contributed by atoms with Crippen LogP contribution >= 0.6 is 0 Å². The number of quaternary nitrogens is 2. The monoisotopic (exact) mass is 244 g/mol. The van der Waals surface area contributed by atoms with Gasteiger partial charge in [0.2, 0.25) is 6.67 Å². The molecule has 0 rings (SSSR count). The second-order valence-electron chi connectivity index (χ2n) is 6.87. The number of unbranched alkanes of at least 4 members (excludes halogenated alkanes) is 4. The van der Waals surface area contributed by atoms with E-state index in [2.05, 4.69) is 42.0 Å². The van der Waals surface area contributed by atoms with Gasteiger partial charge in [-0.25, -0.2) is 0 Å². The van der Waals surface area contributed by atoms with Gasteiger partial charge in [0.25, 0.3) is 0 Å². The molecule has 0 amide bonds. The Labute approximate surface area is 110 Å². The Kier molecular flexibility index (Phi) is 8.06. The van der Waals surface area contributed by atoms with Crippen molar-refractivity contribution in [2.24, 2.45) is 0 Å². The Morgan fingerprint density at radius 1 is 0.588 bits per heavy atom. The van der Waals surface area contributed by atoms with Crippen LogP contribution in [0.4, 0.5) is 0 Å². The van der Waals surface area contributed by atoms with Crippen LogP contribution in [0.25, 0.3) is 0 Å². The highest BCUT2D eigenvalue weighted by Gasteiger charge is 2.26. The second kappa shape index (κ2) is 8.10. The Balaban J connectivity index is 3.99. The summed E-state index contributed by atoms with van der Waals surface area (Å²) in [6, 6.07) is 0. The third-order valence-corrected chi connectivity index (χ3v) is 3.50. The van der Waals surface area contributed by atoms with Gasteiger partial charge >= 0.3 is 0 Å². The quantitative estimate of drug-likeness (QED) is 0.313. The maximum Gasteiger partial charge on any atom is 0.206 e. The molecule has 0 aliphatic rings. The van der Waals surface area contributed by atoms with E-state index >= 15 is 0 Å². The Morgan fingerprint density at radius 3 is 1.24 bits per heavy atom. The predicted octanol–water partition coefficient (Wildman–Crippen LogP) is 3.48. The molecule has 0 fully saturated rings. The van der Waals surface area contributed by atoms with Crippen molar-refractivity contribution in [3.63, 3.8) is 0 Å². The zero-order valence-corrected chi connectivity index (χ0v) is 13.3. The molecule has 0 atom stereocenters. The molecule has 0 radical (unpaired) electrons. The Morgan fingerprint density at radius 2 is 0.941 bits per heavy atom. The lowest BCUT2D eigenvalue weighted by Crippen LogP contribution is -2.56. The van der Waals surface area contributed by atoms with Crippen molar-refractivity contribution in [1.82, 2.24) is 0 Å². The molecule has 17 heavy (non-hydrogen) atoms. The van der Waals surface area contributed by atoms with Crippen LogP contribution in [-0.4, -0.2) is 56.9 Å². The summed E-state index contributed by atoms with van der Waals surface area (Å²) >= 11 is 0. The second-order valence-corrected chi connectivity index (χ2v) is 6.87. The average molecular weight is 244 g/mol. The molecule has 0 saturated heterocycles. The first-order valence-electron chi connectivity index (χ1n) is 7.47. The molecular formula is C15H36N2+2. The molecule has 0 aliphatic heterocycles. The van der Waals surface area contributed by atoms with E-state index in [1.165, 1.54) is 67.2 Å². The number of hydrogen-bond acceptors (Lipinski definition) is 0. The van der Waals surface area contributed by atoms with Crippen molar-refractivity contribution in [3.05, 3.63) is 0 Å². The summed E-state index contributed by atoms with van der Waals surface area (Å²) in [7, 11) is 9.54. The standard InChI is InChI=1S/C15H36N2/c1-7-9-11-13-16(3,4)15-17(5,6)14-12-10-8-2/h7-15H2,1-6H3/q+2. The number of rotatable bonds is 10. The zero-order chi connectivity index (χ0) is 13.4. The van der Waals surface area contributed by atoms with E-state index in [0.717, 1.165) is 0 Å². The van der Waals surface area contributed by atoms with Crippen LogP contribution in [0.2, 0.25) is 0 Å². The van der Waals surface area contributed by atoms with Gasteiger partial charge < -0.3 is 0 Å². The lowest BCUT2D eigenvalue weighted by Gasteiger charge is -2.39. The molecule has 0 unspecified atom stereocenters. The Hall–Kier alpha value is -0.0800. The van der Waals surface area contributed by atoms with E-state index < -0.39 is 0 Å². The van der Waals surface area contributed by atoms with Crippen LogP contribution < -0.4 is 0 Å². The first kappa shape index (κ1) is 16.9. The van der Waals surface area contributed by atoms with E-state index in [1.807, 2.05) is 0 Å². The van der Waals surface area contributed by atoms with E-state index in [-0.39, 0.29) is 0 Å². The predicted molar refractivity (Wildman–Crippen MR) is 77.9 cm³/mol. The van der Waals surface area contributed by atoms with Crippen LogP contribution in [0, 0.1) is 0 Å². The molecule has 2 heteroatoms. The summed E-state index contributed by atoms with van der Waals surface area (Å²) in [6.07, 6.45) is 8.16. The van der Waals surface area contributed by atoms with Crippen LogP contribution in [0.5, 0.6) is 0 Å². The highest BCUT2D eigenvalue weighted by molar-refractivity contribution is 4.39. The summed E-state index contributed by atoms with van der Waals surface area (Å²) in [5.74, 6) is 0. The molecule has 0 saturated carbocycles. The van der Waals surface area contributed by atoms with Gasteiger partial charge in [-0.2, -0.15) is 0 Å². The molecule has 0 aromatic carbocycles. The summed E-state index contributed by atoms with van der Waals surface area (Å²) < 4.78 is 2.33. The first-order valence-corrected chi connectivity index (χ1v) is 7.47. The van der Waals surface area contributed by atoms with Crippen LogP contribution in [0.1, 0.15) is 52.4 Å². The minimum absolute atomic E-state index is 1.17. The maximum absolute atomic E-state index is 2.38. The fourth-order valence-electron chi connectivity index (χ4n) is 2.76. The minimum Gasteiger partial charge on any atom is -0.282 e. The van der Waals surface area contributed by atoms with Crippen molar-refractivity contribution in [1.29, 1.82) is 0 Å². The van der Waals surface area contributed by atoms with Gasteiger partial charge in [-0.3, -0.25) is 8.97 Å². The fraction of sp³-hybridized carbons (Fsp3) is 1.00. The summed E-state index contributed by atoms with van der Waals surface area (Å²) in [5, 5.41) is 0.